The van der Waals surface area contributed by atoms with Gasteiger partial charge in [0.05, 0.1) is 6.04 Å². The van der Waals surface area contributed by atoms with Crippen molar-refractivity contribution in [2.75, 3.05) is 18.6 Å². The van der Waals surface area contributed by atoms with Gasteiger partial charge < -0.3 is 32.9 Å². The van der Waals surface area contributed by atoms with E-state index in [1.54, 1.807) is 0 Å². The number of carboxylic acids is 1. The van der Waals surface area contributed by atoms with Crippen LogP contribution in [-0.4, -0.2) is 65.5 Å². The number of primary amides is 1. The number of unbranched alkanes of at least 4 members (excludes halogenated alkanes) is 1. The lowest BCUT2D eigenvalue weighted by Gasteiger charge is -2.22. The molecule has 0 rings (SSSR count). The fourth-order valence-electron chi connectivity index (χ4n) is 2.24. The van der Waals surface area contributed by atoms with Crippen molar-refractivity contribution >= 4 is 35.5 Å². The molecule has 0 radical (unpaired) electrons. The van der Waals surface area contributed by atoms with Crippen molar-refractivity contribution in [3.8, 4) is 0 Å². The molecule has 0 unspecified atom stereocenters. The first-order valence-corrected chi connectivity index (χ1v) is 10.2. The number of carbonyl (C=O) groups excluding carboxylic acids is 3. The average molecular weight is 406 g/mol. The Balaban J connectivity index is 4.87. The Morgan fingerprint density at radius 3 is 2.15 bits per heavy atom. The Labute approximate surface area is 163 Å². The molecule has 3 amide bonds. The second kappa shape index (κ2) is 14.2. The number of aliphatic carboxylic acids is 1. The van der Waals surface area contributed by atoms with E-state index >= 15 is 0 Å². The van der Waals surface area contributed by atoms with Crippen molar-refractivity contribution in [1.29, 1.82) is 0 Å². The van der Waals surface area contributed by atoms with Crippen molar-refractivity contribution in [2.24, 2.45) is 17.2 Å². The number of amides is 3. The van der Waals surface area contributed by atoms with E-state index in [0.717, 1.165) is 6.42 Å². The summed E-state index contributed by atoms with van der Waals surface area (Å²) < 4.78 is 0. The second-order valence-electron chi connectivity index (χ2n) is 6.14. The summed E-state index contributed by atoms with van der Waals surface area (Å²) in [7, 11) is 0. The molecule has 0 aliphatic heterocycles. The topological polar surface area (TPSA) is 191 Å². The Bertz CT molecular complexity index is 506. The molecule has 0 aromatic carbocycles. The monoisotopic (exact) mass is 405 g/mol. The van der Waals surface area contributed by atoms with Gasteiger partial charge in [0.15, 0.2) is 0 Å². The maximum absolute atomic E-state index is 12.5. The van der Waals surface area contributed by atoms with E-state index in [1.807, 2.05) is 6.26 Å². The quantitative estimate of drug-likeness (QED) is 0.178. The molecule has 156 valence electrons. The number of thioether (sulfide) groups is 1. The number of nitrogens with one attached hydrogen (secondary N) is 2. The fraction of sp³-hybridized carbons (Fsp3) is 0.750. The number of hydrogen-bond donors (Lipinski definition) is 6. The van der Waals surface area contributed by atoms with E-state index in [0.29, 0.717) is 31.6 Å². The molecule has 0 aliphatic rings. The minimum atomic E-state index is -1.28. The lowest BCUT2D eigenvalue weighted by Crippen LogP contribution is -2.54. The third-order valence-corrected chi connectivity index (χ3v) is 4.49. The molecule has 0 aromatic rings. The van der Waals surface area contributed by atoms with E-state index in [-0.39, 0.29) is 12.8 Å². The van der Waals surface area contributed by atoms with E-state index < -0.39 is 41.8 Å². The first kappa shape index (κ1) is 25.1. The normalized spacial score (nSPS) is 14.0. The lowest BCUT2D eigenvalue weighted by molar-refractivity contribution is -0.142. The fourth-order valence-corrected chi connectivity index (χ4v) is 2.71. The van der Waals surface area contributed by atoms with E-state index in [2.05, 4.69) is 10.6 Å². The van der Waals surface area contributed by atoms with Gasteiger partial charge in [-0.1, -0.05) is 6.42 Å². The molecule has 0 heterocycles. The van der Waals surface area contributed by atoms with Gasteiger partial charge in [0.1, 0.15) is 12.1 Å². The largest absolute Gasteiger partial charge is 0.480 e. The predicted molar refractivity (Wildman–Crippen MR) is 104 cm³/mol. The predicted octanol–water partition coefficient (Wildman–Crippen LogP) is -1.48. The van der Waals surface area contributed by atoms with Crippen LogP contribution in [0.3, 0.4) is 0 Å². The van der Waals surface area contributed by atoms with E-state index in [1.165, 1.54) is 11.8 Å². The molecule has 0 bridgehead atoms. The summed E-state index contributed by atoms with van der Waals surface area (Å²) in [5, 5.41) is 14.1. The Hall–Kier alpha value is -1.85. The number of hydrogen-bond acceptors (Lipinski definition) is 7. The maximum Gasteiger partial charge on any atom is 0.326 e. The molecule has 11 heteroatoms. The summed E-state index contributed by atoms with van der Waals surface area (Å²) in [5.41, 5.74) is 16.3. The SMILES string of the molecule is CSCC[C@H](NC(=O)[C@@H](N)CCCCN)C(=O)N[C@@H](CCC(N)=O)C(=O)O. The molecule has 3 atom stereocenters. The molecule has 27 heavy (non-hydrogen) atoms. The van der Waals surface area contributed by atoms with Crippen molar-refractivity contribution in [1.82, 2.24) is 10.6 Å². The highest BCUT2D eigenvalue weighted by molar-refractivity contribution is 7.98. The standard InChI is InChI=1S/C16H31N5O5S/c1-27-9-7-11(20-14(23)10(18)4-2-3-8-17)15(24)21-12(16(25)26)5-6-13(19)22/h10-12H,2-9,17-18H2,1H3,(H2,19,22)(H,20,23)(H,21,24)(H,25,26)/t10-,11-,12-/m0/s1. The van der Waals surface area contributed by atoms with Crippen LogP contribution in [0.5, 0.6) is 0 Å². The molecule has 0 aliphatic carbocycles. The van der Waals surface area contributed by atoms with Crippen LogP contribution < -0.4 is 27.8 Å². The van der Waals surface area contributed by atoms with Crippen LogP contribution in [0.25, 0.3) is 0 Å². The van der Waals surface area contributed by atoms with Crippen molar-refractivity contribution < 1.29 is 24.3 Å². The van der Waals surface area contributed by atoms with Crippen LogP contribution in [0.15, 0.2) is 0 Å². The summed E-state index contributed by atoms with van der Waals surface area (Å²) in [6.45, 7) is 0.509. The van der Waals surface area contributed by atoms with Crippen molar-refractivity contribution in [3.63, 3.8) is 0 Å². The number of carbonyl (C=O) groups is 4. The molecule has 0 spiro atoms. The number of nitrogens with two attached hydrogens (primary N) is 3. The molecular weight excluding hydrogens is 374 g/mol. The van der Waals surface area contributed by atoms with Gasteiger partial charge in [-0.3, -0.25) is 14.4 Å². The van der Waals surface area contributed by atoms with Crippen molar-refractivity contribution in [3.05, 3.63) is 0 Å². The van der Waals surface area contributed by atoms with Gasteiger partial charge >= 0.3 is 5.97 Å². The van der Waals surface area contributed by atoms with E-state index in [4.69, 9.17) is 17.2 Å². The first-order chi connectivity index (χ1) is 12.7. The summed E-state index contributed by atoms with van der Waals surface area (Å²) in [4.78, 5) is 46.8. The molecule has 9 N–H and O–H groups in total. The van der Waals surface area contributed by atoms with Crippen LogP contribution >= 0.6 is 11.8 Å². The minimum absolute atomic E-state index is 0.127. The lowest BCUT2D eigenvalue weighted by atomic mass is 10.1. The van der Waals surface area contributed by atoms with Crippen LogP contribution in [-0.2, 0) is 19.2 Å². The number of rotatable bonds is 15. The van der Waals surface area contributed by atoms with Gasteiger partial charge in [-0.25, -0.2) is 4.79 Å². The first-order valence-electron chi connectivity index (χ1n) is 8.79. The summed E-state index contributed by atoms with van der Waals surface area (Å²) in [6.07, 6.45) is 3.75. The maximum atomic E-state index is 12.5. The molecule has 10 nitrogen and oxygen atoms in total. The van der Waals surface area contributed by atoms with Gasteiger partial charge in [0.2, 0.25) is 17.7 Å². The van der Waals surface area contributed by atoms with Crippen LogP contribution in [0.1, 0.15) is 38.5 Å². The molecule has 0 aromatic heterocycles. The average Bonchev–Trinajstić information content (AvgIpc) is 2.61. The third-order valence-electron chi connectivity index (χ3n) is 3.84. The Morgan fingerprint density at radius 1 is 1.00 bits per heavy atom. The van der Waals surface area contributed by atoms with Crippen LogP contribution in [0, 0.1) is 0 Å². The molecular formula is C16H31N5O5S. The summed E-state index contributed by atoms with van der Waals surface area (Å²) in [6, 6.07) is -2.95. The van der Waals surface area contributed by atoms with Crippen molar-refractivity contribution in [2.45, 2.75) is 56.7 Å². The third kappa shape index (κ3) is 11.5. The Kier molecular flexibility index (Phi) is 13.3. The van der Waals surface area contributed by atoms with Gasteiger partial charge in [0.25, 0.3) is 0 Å². The second-order valence-corrected chi connectivity index (χ2v) is 7.12. The highest BCUT2D eigenvalue weighted by Crippen LogP contribution is 2.05. The Morgan fingerprint density at radius 2 is 1.63 bits per heavy atom. The molecule has 0 saturated heterocycles. The molecule has 0 saturated carbocycles. The number of carboxylic acid groups (broad SMARTS) is 1. The van der Waals surface area contributed by atoms with E-state index in [9.17, 15) is 24.3 Å². The van der Waals surface area contributed by atoms with Gasteiger partial charge in [-0.05, 0) is 44.2 Å². The van der Waals surface area contributed by atoms with Crippen LogP contribution in [0.4, 0.5) is 0 Å². The smallest absolute Gasteiger partial charge is 0.326 e. The minimum Gasteiger partial charge on any atom is -0.480 e. The summed E-state index contributed by atoms with van der Waals surface area (Å²) in [5.74, 6) is -2.47. The van der Waals surface area contributed by atoms with Gasteiger partial charge in [-0.2, -0.15) is 11.8 Å². The van der Waals surface area contributed by atoms with Gasteiger partial charge in [-0.15, -0.1) is 0 Å². The zero-order valence-electron chi connectivity index (χ0n) is 15.6. The van der Waals surface area contributed by atoms with Crippen LogP contribution in [0.2, 0.25) is 0 Å². The van der Waals surface area contributed by atoms with Gasteiger partial charge in [0, 0.05) is 6.42 Å². The highest BCUT2D eigenvalue weighted by atomic mass is 32.2. The zero-order chi connectivity index (χ0) is 20.8. The highest BCUT2D eigenvalue weighted by Gasteiger charge is 2.27. The summed E-state index contributed by atoms with van der Waals surface area (Å²) >= 11 is 1.49. The molecule has 0 fully saturated rings. The zero-order valence-corrected chi connectivity index (χ0v) is 16.4.